The van der Waals surface area contributed by atoms with E-state index in [1.54, 1.807) is 18.9 Å². The molecule has 1 unspecified atom stereocenters. The molecule has 0 aliphatic carbocycles. The van der Waals surface area contributed by atoms with Gasteiger partial charge in [0.1, 0.15) is 5.60 Å². The summed E-state index contributed by atoms with van der Waals surface area (Å²) in [6.45, 7) is 2.59. The van der Waals surface area contributed by atoms with Gasteiger partial charge >= 0.3 is 6.09 Å². The molecule has 7 nitrogen and oxygen atoms in total. The third-order valence-electron chi connectivity index (χ3n) is 3.77. The molecule has 0 aromatic carbocycles. The fourth-order valence-corrected chi connectivity index (χ4v) is 2.40. The summed E-state index contributed by atoms with van der Waals surface area (Å²) in [5.41, 5.74) is -0.888. The van der Waals surface area contributed by atoms with Crippen LogP contribution in [0, 0.1) is 5.92 Å². The van der Waals surface area contributed by atoms with Gasteiger partial charge in [-0.2, -0.15) is 0 Å². The summed E-state index contributed by atoms with van der Waals surface area (Å²) in [5.74, 6) is -0.628. The largest absolute Gasteiger partial charge is 0.465 e. The van der Waals surface area contributed by atoms with Crippen molar-refractivity contribution in [3.63, 3.8) is 0 Å². The van der Waals surface area contributed by atoms with Crippen LogP contribution in [0.25, 0.3) is 0 Å². The maximum Gasteiger partial charge on any atom is 0.405 e. The molecule has 106 valence electrons. The van der Waals surface area contributed by atoms with Crippen LogP contribution in [0.5, 0.6) is 0 Å². The molecule has 2 aliphatic rings. The van der Waals surface area contributed by atoms with Crippen molar-refractivity contribution in [1.29, 1.82) is 0 Å². The van der Waals surface area contributed by atoms with E-state index in [1.165, 1.54) is 0 Å². The molecule has 2 aliphatic heterocycles. The number of epoxide rings is 1. The second kappa shape index (κ2) is 4.80. The summed E-state index contributed by atoms with van der Waals surface area (Å²) in [6, 6.07) is -0.884. The lowest BCUT2D eigenvalue weighted by Gasteiger charge is -2.20. The van der Waals surface area contributed by atoms with Crippen LogP contribution in [0.15, 0.2) is 0 Å². The number of nitrogens with zero attached hydrogens (tertiary/aromatic N) is 1. The number of carbonyl (C=O) groups excluding carboxylic acids is 2. The molecule has 0 aromatic rings. The molecule has 0 bridgehead atoms. The zero-order valence-electron chi connectivity index (χ0n) is 11.0. The third kappa shape index (κ3) is 2.86. The Hall–Kier alpha value is -1.63. The first-order valence-corrected chi connectivity index (χ1v) is 6.26. The highest BCUT2D eigenvalue weighted by atomic mass is 16.6. The van der Waals surface area contributed by atoms with Gasteiger partial charge in [0.2, 0.25) is 5.91 Å². The molecule has 0 aromatic heterocycles. The Morgan fingerprint density at radius 1 is 1.63 bits per heavy atom. The van der Waals surface area contributed by atoms with Crippen molar-refractivity contribution in [2.75, 3.05) is 20.2 Å². The smallest absolute Gasteiger partial charge is 0.405 e. The van der Waals surface area contributed by atoms with Gasteiger partial charge < -0.3 is 20.1 Å². The quantitative estimate of drug-likeness (QED) is 0.677. The lowest BCUT2D eigenvalue weighted by molar-refractivity contribution is -0.131. The van der Waals surface area contributed by atoms with Crippen molar-refractivity contribution in [3.05, 3.63) is 0 Å². The molecule has 7 heteroatoms. The number of amides is 2. The Balaban J connectivity index is 2.04. The summed E-state index contributed by atoms with van der Waals surface area (Å²) in [6.07, 6.45) is -0.410. The normalized spacial score (nSPS) is 31.2. The van der Waals surface area contributed by atoms with E-state index in [0.29, 0.717) is 19.6 Å². The van der Waals surface area contributed by atoms with Gasteiger partial charge in [0, 0.05) is 19.5 Å². The minimum absolute atomic E-state index is 0.0353. The molecule has 0 radical (unpaired) electrons. The van der Waals surface area contributed by atoms with Crippen LogP contribution in [0.3, 0.4) is 0 Å². The van der Waals surface area contributed by atoms with E-state index in [4.69, 9.17) is 9.84 Å². The summed E-state index contributed by atoms with van der Waals surface area (Å²) in [7, 11) is 1.70. The second-order valence-corrected chi connectivity index (χ2v) is 5.37. The summed E-state index contributed by atoms with van der Waals surface area (Å²) in [4.78, 5) is 36.4. The summed E-state index contributed by atoms with van der Waals surface area (Å²) in [5, 5.41) is 11.0. The Bertz CT molecular complexity index is 418. The number of hydrogen-bond donors (Lipinski definition) is 2. The number of hydrogen-bond acceptors (Lipinski definition) is 4. The lowest BCUT2D eigenvalue weighted by Crippen LogP contribution is -2.47. The molecule has 2 fully saturated rings. The van der Waals surface area contributed by atoms with E-state index in [-0.39, 0.29) is 24.0 Å². The fraction of sp³-hybridized carbons (Fsp3) is 0.750. The molecule has 19 heavy (non-hydrogen) atoms. The Kier molecular flexibility index (Phi) is 3.49. The van der Waals surface area contributed by atoms with Crippen molar-refractivity contribution < 1.29 is 24.2 Å². The zero-order chi connectivity index (χ0) is 14.2. The molecule has 2 saturated heterocycles. The van der Waals surface area contributed by atoms with Crippen LogP contribution in [-0.2, 0) is 14.3 Å². The third-order valence-corrected chi connectivity index (χ3v) is 3.77. The first kappa shape index (κ1) is 13.8. The van der Waals surface area contributed by atoms with Crippen molar-refractivity contribution in [2.24, 2.45) is 5.92 Å². The van der Waals surface area contributed by atoms with Crippen LogP contribution < -0.4 is 5.32 Å². The highest BCUT2D eigenvalue weighted by molar-refractivity contribution is 5.96. The molecule has 0 saturated carbocycles. The van der Waals surface area contributed by atoms with E-state index in [9.17, 15) is 14.4 Å². The predicted octanol–water partition coefficient (Wildman–Crippen LogP) is -0.151. The van der Waals surface area contributed by atoms with Crippen LogP contribution in [0.4, 0.5) is 4.79 Å². The number of ether oxygens (including phenoxy) is 1. The number of rotatable bonds is 5. The maximum atomic E-state index is 12.2. The molecule has 3 atom stereocenters. The first-order valence-electron chi connectivity index (χ1n) is 6.26. The number of ketones is 1. The van der Waals surface area contributed by atoms with Crippen LogP contribution in [0.2, 0.25) is 0 Å². The summed E-state index contributed by atoms with van der Waals surface area (Å²) < 4.78 is 5.05. The van der Waals surface area contributed by atoms with Gasteiger partial charge in [-0.25, -0.2) is 4.79 Å². The predicted molar refractivity (Wildman–Crippen MR) is 64.7 cm³/mol. The minimum atomic E-state index is -1.26. The highest BCUT2D eigenvalue weighted by Gasteiger charge is 2.51. The SMILES string of the molecule is CN1CCC(C[C@H](NC(=O)O)C(=O)[C@]2(C)CO2)C1=O. The average molecular weight is 270 g/mol. The molecule has 0 spiro atoms. The molecule has 2 amide bonds. The van der Waals surface area contributed by atoms with Crippen molar-refractivity contribution in [3.8, 4) is 0 Å². The van der Waals surface area contributed by atoms with E-state index in [0.717, 1.165) is 0 Å². The number of carbonyl (C=O) groups is 3. The van der Waals surface area contributed by atoms with Gasteiger partial charge in [0.05, 0.1) is 12.6 Å². The van der Waals surface area contributed by atoms with E-state index in [1.807, 2.05) is 0 Å². The van der Waals surface area contributed by atoms with Crippen LogP contribution in [-0.4, -0.2) is 59.6 Å². The van der Waals surface area contributed by atoms with Gasteiger partial charge in [-0.05, 0) is 19.8 Å². The molecule has 2 N–H and O–H groups in total. The van der Waals surface area contributed by atoms with E-state index in [2.05, 4.69) is 5.32 Å². The number of nitrogens with one attached hydrogen (secondary N) is 1. The average Bonchev–Trinajstić information content (AvgIpc) is 3.02. The number of likely N-dealkylation sites (tertiary alicyclic amines) is 1. The fourth-order valence-electron chi connectivity index (χ4n) is 2.40. The van der Waals surface area contributed by atoms with Crippen molar-refractivity contribution in [1.82, 2.24) is 10.2 Å². The Labute approximate surface area is 110 Å². The molecule has 2 heterocycles. The van der Waals surface area contributed by atoms with Gasteiger partial charge in [-0.1, -0.05) is 0 Å². The second-order valence-electron chi connectivity index (χ2n) is 5.37. The molecular formula is C12H18N2O5. The highest BCUT2D eigenvalue weighted by Crippen LogP contribution is 2.31. The van der Waals surface area contributed by atoms with Crippen LogP contribution in [0.1, 0.15) is 19.8 Å². The standard InChI is InChI=1S/C12H18N2O5/c1-12(6-19-12)9(15)8(13-11(17)18)5-7-3-4-14(2)10(7)16/h7-8,13H,3-6H2,1-2H3,(H,17,18)/t7?,8-,12-/m0/s1. The summed E-state index contributed by atoms with van der Waals surface area (Å²) >= 11 is 0. The van der Waals surface area contributed by atoms with Gasteiger partial charge in [-0.15, -0.1) is 0 Å². The number of Topliss-reactive ketones (excluding diaryl/α,β-unsaturated/α-hetero) is 1. The minimum Gasteiger partial charge on any atom is -0.465 e. The Morgan fingerprint density at radius 3 is 2.68 bits per heavy atom. The van der Waals surface area contributed by atoms with Crippen LogP contribution >= 0.6 is 0 Å². The van der Waals surface area contributed by atoms with Gasteiger partial charge in [-0.3, -0.25) is 9.59 Å². The van der Waals surface area contributed by atoms with E-state index >= 15 is 0 Å². The zero-order valence-corrected chi connectivity index (χ0v) is 11.0. The first-order chi connectivity index (χ1) is 8.83. The molecular weight excluding hydrogens is 252 g/mol. The maximum absolute atomic E-state index is 12.2. The van der Waals surface area contributed by atoms with Gasteiger partial charge in [0.25, 0.3) is 0 Å². The topological polar surface area (TPSA) is 99.2 Å². The van der Waals surface area contributed by atoms with Gasteiger partial charge in [0.15, 0.2) is 5.78 Å². The monoisotopic (exact) mass is 270 g/mol. The van der Waals surface area contributed by atoms with E-state index < -0.39 is 17.7 Å². The molecule has 2 rings (SSSR count). The lowest BCUT2D eigenvalue weighted by atomic mass is 9.91. The van der Waals surface area contributed by atoms with Crippen molar-refractivity contribution >= 4 is 17.8 Å². The van der Waals surface area contributed by atoms with Crippen molar-refractivity contribution in [2.45, 2.75) is 31.4 Å². The number of carboxylic acid groups (broad SMARTS) is 1. The Morgan fingerprint density at radius 2 is 2.26 bits per heavy atom.